The first-order valence-electron chi connectivity index (χ1n) is 37.5. The van der Waals surface area contributed by atoms with Crippen molar-refractivity contribution in [2.75, 3.05) is 0 Å². The molecular formula is C96H98Br2N8Ni2. The van der Waals surface area contributed by atoms with E-state index in [0.29, 0.717) is 0 Å². The standard InChI is InChI=1S/C96H98Br2N8.2Ni/c1-89(2,3)55-37-51(38-56(45-55)90(4,5)6)79-65-25-27-71(99-65)83-84-72-28-26-66(100-72)80(52-39-57(91(7,8)9)46-58(40-52)92(10,11)12)68-30-34-74(102-68)86(98)76-36-32-70(104-76)82(54-43-61(95(19,20)21)48-62(44-54)96(22,23)24)78-50-64(88(84)106-78)63-49-77(105-87(63)83)81(53-41-59(93(13,14)15)47-60(42-53)94(16,17)18)69-31-35-75(103-69)85(97)73-33-29-67(79)101-73;;/h25-50H,1-24H3;;/q-4;2*+2. The fraction of sp³-hybridized carbons (Fsp3) is 0.333. The maximum Gasteiger partial charge on any atom is 2.00 e. The number of halogens is 2. The van der Waals surface area contributed by atoms with Crippen LogP contribution >= 0.6 is 31.9 Å². The predicted molar refractivity (Wildman–Crippen MR) is 460 cm³/mol. The molecule has 3 aliphatic rings. The molecule has 108 heavy (non-hydrogen) atoms. The average Bonchev–Trinajstić information content (AvgIpc) is 1.55. The van der Waals surface area contributed by atoms with Crippen molar-refractivity contribution in [3.63, 3.8) is 0 Å². The van der Waals surface area contributed by atoms with Gasteiger partial charge in [0.15, 0.2) is 0 Å². The van der Waals surface area contributed by atoms with Crippen LogP contribution in [0.5, 0.6) is 0 Å². The van der Waals surface area contributed by atoms with Gasteiger partial charge in [0, 0.05) is 14.3 Å². The van der Waals surface area contributed by atoms with Crippen molar-refractivity contribution >= 4 is 145 Å². The van der Waals surface area contributed by atoms with Gasteiger partial charge in [0.2, 0.25) is 0 Å². The first-order chi connectivity index (χ1) is 49.3. The van der Waals surface area contributed by atoms with Gasteiger partial charge in [0.1, 0.15) is 0 Å². The van der Waals surface area contributed by atoms with Gasteiger partial charge in [-0.05, 0) is 223 Å². The number of nitrogens with zero attached hydrogens (tertiary/aromatic N) is 8. The molecule has 15 rings (SSSR count). The monoisotopic (exact) mass is 1640 g/mol. The smallest absolute Gasteiger partial charge is 0.657 e. The van der Waals surface area contributed by atoms with Gasteiger partial charge in [0.05, 0.1) is 45.2 Å². The van der Waals surface area contributed by atoms with E-state index < -0.39 is 0 Å². The van der Waals surface area contributed by atoms with E-state index in [9.17, 15) is 0 Å². The van der Waals surface area contributed by atoms with Gasteiger partial charge in [-0.3, -0.25) is 0 Å². The molecule has 12 aromatic rings. The van der Waals surface area contributed by atoms with Crippen molar-refractivity contribution in [1.29, 1.82) is 0 Å². The second kappa shape index (κ2) is 26.9. The first kappa shape index (κ1) is 78.2. The molecule has 5 aromatic carbocycles. The number of aromatic nitrogens is 8. The van der Waals surface area contributed by atoms with Crippen molar-refractivity contribution < 1.29 is 33.0 Å². The van der Waals surface area contributed by atoms with E-state index in [1.54, 1.807) is 0 Å². The normalized spacial score (nSPS) is 13.6. The molecule has 0 saturated carbocycles. The summed E-state index contributed by atoms with van der Waals surface area (Å²) in [6, 6.07) is 46.0. The fourth-order valence-electron chi connectivity index (χ4n) is 14.9. The average molecular weight is 1640 g/mol. The molecule has 0 fully saturated rings. The van der Waals surface area contributed by atoms with Gasteiger partial charge >= 0.3 is 33.0 Å². The summed E-state index contributed by atoms with van der Waals surface area (Å²) in [6.07, 6.45) is 12.9. The third kappa shape index (κ3) is 14.3. The number of hydrogen-bond donors (Lipinski definition) is 0. The Morgan fingerprint density at radius 3 is 0.880 bits per heavy atom. The summed E-state index contributed by atoms with van der Waals surface area (Å²) in [5, 5.41) is 3.50. The third-order valence-electron chi connectivity index (χ3n) is 21.7. The molecule has 0 saturated heterocycles. The molecule has 8 nitrogen and oxygen atoms in total. The zero-order chi connectivity index (χ0) is 76.0. The van der Waals surface area contributed by atoms with E-state index in [1.165, 1.54) is 44.5 Å². The molecule has 10 heterocycles. The van der Waals surface area contributed by atoms with Crippen LogP contribution in [0.1, 0.15) is 245 Å². The number of fused-ring (bicyclic) bond motifs is 18. The molecule has 0 amide bonds. The quantitative estimate of drug-likeness (QED) is 0.160. The topological polar surface area (TPSA) is 108 Å². The van der Waals surface area contributed by atoms with Gasteiger partial charge in [-0.2, -0.15) is 0 Å². The molecule has 3 aliphatic heterocycles. The zero-order valence-electron chi connectivity index (χ0n) is 67.0. The van der Waals surface area contributed by atoms with Gasteiger partial charge in [-0.1, -0.05) is 281 Å². The minimum atomic E-state index is -0.195. The Hall–Kier alpha value is -7.97. The van der Waals surface area contributed by atoms with Crippen molar-refractivity contribution in [2.45, 2.75) is 209 Å². The molecular weight excluding hydrogens is 1540 g/mol. The molecule has 0 atom stereocenters. The molecule has 0 spiro atoms. The van der Waals surface area contributed by atoms with Crippen molar-refractivity contribution in [2.24, 2.45) is 0 Å². The van der Waals surface area contributed by atoms with E-state index in [1.807, 2.05) is 0 Å². The maximum absolute atomic E-state index is 6.16. The molecule has 0 aliphatic carbocycles. The minimum Gasteiger partial charge on any atom is -0.657 e. The summed E-state index contributed by atoms with van der Waals surface area (Å²) in [5.41, 5.74) is 28.5. The van der Waals surface area contributed by atoms with E-state index >= 15 is 0 Å². The summed E-state index contributed by atoms with van der Waals surface area (Å²) in [7, 11) is 0. The van der Waals surface area contributed by atoms with Crippen LogP contribution in [0, 0.1) is 0 Å². The maximum atomic E-state index is 6.16. The molecule has 16 bridgehead atoms. The van der Waals surface area contributed by atoms with Crippen LogP contribution in [0.3, 0.4) is 0 Å². The molecule has 0 radical (unpaired) electrons. The van der Waals surface area contributed by atoms with Crippen LogP contribution in [-0.4, -0.2) is 19.9 Å². The Morgan fingerprint density at radius 1 is 0.250 bits per heavy atom. The number of hydrogen-bond acceptors (Lipinski definition) is 4. The summed E-state index contributed by atoms with van der Waals surface area (Å²) in [5.74, 6) is 0. The summed E-state index contributed by atoms with van der Waals surface area (Å²) in [4.78, 5) is 46.9. The molecule has 0 unspecified atom stereocenters. The third-order valence-corrected chi connectivity index (χ3v) is 23.3. The first-order valence-corrected chi connectivity index (χ1v) is 39.1. The Labute approximate surface area is 675 Å². The number of benzene rings is 5. The summed E-state index contributed by atoms with van der Waals surface area (Å²) in [6.45, 7) is 55.2. The Balaban J connectivity index is 0.00000514. The van der Waals surface area contributed by atoms with Crippen LogP contribution in [-0.2, 0) is 76.3 Å². The van der Waals surface area contributed by atoms with Crippen LogP contribution in [0.25, 0.3) is 158 Å². The van der Waals surface area contributed by atoms with Gasteiger partial charge in [-0.25, -0.2) is 19.9 Å². The van der Waals surface area contributed by atoms with E-state index in [-0.39, 0.29) is 76.3 Å². The fourth-order valence-corrected chi connectivity index (χ4v) is 15.8. The largest absolute Gasteiger partial charge is 2.00 e. The molecule has 7 aromatic heterocycles. The zero-order valence-corrected chi connectivity index (χ0v) is 72.1. The van der Waals surface area contributed by atoms with E-state index in [2.05, 4.69) is 356 Å². The van der Waals surface area contributed by atoms with Gasteiger partial charge < -0.3 is 19.9 Å². The van der Waals surface area contributed by atoms with Crippen LogP contribution in [0.15, 0.2) is 130 Å². The molecule has 0 N–H and O–H groups in total. The SMILES string of the molecule is CC(C)(C)c1cc(-c2c3nc(c4c5[n-]c(cc5c5cc6nc5c4c4ccc([n-]4)c(-c4cc(C(C)(C)C)cc(C(C)(C)C)c4)c4nc(c(Br)c5ccc([n-]5)c6-c5cc(C(C)(C)C)cc(C(C)(C)C)c5)C=C4)c(-c4cc(C(C)(C)C)cc(C(C)(C)C)c4)c4nc(c(Br)c5ccc2[n-]5)C=C4)C=C3)cc(C(C)(C)C)c1.[Ni+2].[Ni+2]. The Morgan fingerprint density at radius 2 is 0.528 bits per heavy atom. The van der Waals surface area contributed by atoms with E-state index in [4.69, 9.17) is 39.9 Å². The minimum absolute atomic E-state index is 0. The second-order valence-electron chi connectivity index (χ2n) is 38.2. The van der Waals surface area contributed by atoms with Crippen LogP contribution < -0.4 is 19.9 Å². The predicted octanol–water partition coefficient (Wildman–Crippen LogP) is 26.6. The van der Waals surface area contributed by atoms with Gasteiger partial charge in [-0.15, -0.1) is 44.1 Å². The van der Waals surface area contributed by atoms with E-state index in [0.717, 1.165) is 164 Å². The second-order valence-corrected chi connectivity index (χ2v) is 39.8. The van der Waals surface area contributed by atoms with Crippen molar-refractivity contribution in [1.82, 2.24) is 39.9 Å². The van der Waals surface area contributed by atoms with Crippen LogP contribution in [0.2, 0.25) is 0 Å². The number of rotatable bonds is 4. The Bertz CT molecular complexity index is 5990. The molecule has 12 heteroatoms. The molecule has 556 valence electrons. The Kier molecular flexibility index (Phi) is 19.5. The van der Waals surface area contributed by atoms with Gasteiger partial charge in [0.25, 0.3) is 0 Å². The van der Waals surface area contributed by atoms with Crippen molar-refractivity contribution in [3.05, 3.63) is 209 Å². The van der Waals surface area contributed by atoms with Crippen molar-refractivity contribution in [3.8, 4) is 44.5 Å². The summed E-state index contributed by atoms with van der Waals surface area (Å²) >= 11 is 8.26. The summed E-state index contributed by atoms with van der Waals surface area (Å²) < 4.78 is 1.58. The van der Waals surface area contributed by atoms with Crippen LogP contribution in [0.4, 0.5) is 0 Å².